The monoisotopic (exact) mass is 241 g/mol. The zero-order valence-electron chi connectivity index (χ0n) is 10.7. The van der Waals surface area contributed by atoms with Gasteiger partial charge in [-0.3, -0.25) is 0 Å². The molecule has 94 valence electrons. The number of aromatic amines is 1. The standard InChI is InChI=1S/C15H19N3/c1-11-16-9-13(18-11)10-17-15-8-4-6-12-5-2-3-7-14(12)15/h2-3,5,7,9,15,17H,4,6,8,10H2,1H3,(H,16,18). The van der Waals surface area contributed by atoms with Gasteiger partial charge in [0.1, 0.15) is 5.82 Å². The van der Waals surface area contributed by atoms with E-state index in [-0.39, 0.29) is 0 Å². The van der Waals surface area contributed by atoms with Crippen LogP contribution >= 0.6 is 0 Å². The highest BCUT2D eigenvalue weighted by Gasteiger charge is 2.18. The number of benzene rings is 1. The Hall–Kier alpha value is -1.61. The number of H-pyrrole nitrogens is 1. The Morgan fingerprint density at radius 3 is 3.11 bits per heavy atom. The molecule has 0 fully saturated rings. The minimum Gasteiger partial charge on any atom is -0.345 e. The van der Waals surface area contributed by atoms with E-state index < -0.39 is 0 Å². The van der Waals surface area contributed by atoms with Crippen molar-refractivity contribution in [1.82, 2.24) is 15.3 Å². The molecular weight excluding hydrogens is 222 g/mol. The van der Waals surface area contributed by atoms with Gasteiger partial charge >= 0.3 is 0 Å². The lowest BCUT2D eigenvalue weighted by molar-refractivity contribution is 0.456. The Balaban J connectivity index is 1.71. The summed E-state index contributed by atoms with van der Waals surface area (Å²) < 4.78 is 0. The molecule has 0 radical (unpaired) electrons. The summed E-state index contributed by atoms with van der Waals surface area (Å²) in [4.78, 5) is 7.50. The lowest BCUT2D eigenvalue weighted by Gasteiger charge is -2.26. The highest BCUT2D eigenvalue weighted by Crippen LogP contribution is 2.29. The second-order valence-corrected chi connectivity index (χ2v) is 5.02. The van der Waals surface area contributed by atoms with Crippen LogP contribution < -0.4 is 5.32 Å². The van der Waals surface area contributed by atoms with E-state index >= 15 is 0 Å². The van der Waals surface area contributed by atoms with Gasteiger partial charge in [-0.1, -0.05) is 24.3 Å². The first kappa shape index (κ1) is 11.5. The molecule has 2 N–H and O–H groups in total. The molecule has 0 saturated heterocycles. The summed E-state index contributed by atoms with van der Waals surface area (Å²) in [5, 5.41) is 3.64. The predicted octanol–water partition coefficient (Wildman–Crippen LogP) is 2.89. The first-order valence-corrected chi connectivity index (χ1v) is 6.64. The number of hydrogen-bond acceptors (Lipinski definition) is 2. The Kier molecular flexibility index (Phi) is 3.15. The van der Waals surface area contributed by atoms with Gasteiger partial charge in [-0.05, 0) is 37.3 Å². The molecular formula is C15H19N3. The van der Waals surface area contributed by atoms with E-state index in [0.29, 0.717) is 6.04 Å². The van der Waals surface area contributed by atoms with Gasteiger partial charge in [-0.15, -0.1) is 0 Å². The van der Waals surface area contributed by atoms with Crippen LogP contribution in [0, 0.1) is 6.92 Å². The third kappa shape index (κ3) is 2.31. The van der Waals surface area contributed by atoms with Crippen LogP contribution in [0.3, 0.4) is 0 Å². The number of aryl methyl sites for hydroxylation is 2. The lowest BCUT2D eigenvalue weighted by Crippen LogP contribution is -2.24. The molecule has 1 aliphatic carbocycles. The van der Waals surface area contributed by atoms with Crippen LogP contribution in [0.5, 0.6) is 0 Å². The van der Waals surface area contributed by atoms with Crippen molar-refractivity contribution >= 4 is 0 Å². The summed E-state index contributed by atoms with van der Waals surface area (Å²) in [5.41, 5.74) is 4.14. The second-order valence-electron chi connectivity index (χ2n) is 5.02. The number of nitrogens with one attached hydrogen (secondary N) is 2. The van der Waals surface area contributed by atoms with Gasteiger partial charge in [0.2, 0.25) is 0 Å². The van der Waals surface area contributed by atoms with Crippen molar-refractivity contribution < 1.29 is 0 Å². The van der Waals surface area contributed by atoms with Gasteiger partial charge in [-0.25, -0.2) is 4.98 Å². The zero-order valence-corrected chi connectivity index (χ0v) is 10.7. The third-order valence-corrected chi connectivity index (χ3v) is 3.66. The summed E-state index contributed by atoms with van der Waals surface area (Å²) in [6, 6.07) is 9.27. The quantitative estimate of drug-likeness (QED) is 0.867. The van der Waals surface area contributed by atoms with Crippen LogP contribution in [0.4, 0.5) is 0 Å². The minimum absolute atomic E-state index is 0.485. The molecule has 3 heteroatoms. The molecule has 1 unspecified atom stereocenters. The van der Waals surface area contributed by atoms with Crippen LogP contribution in [-0.4, -0.2) is 9.97 Å². The summed E-state index contributed by atoms with van der Waals surface area (Å²) in [7, 11) is 0. The molecule has 1 heterocycles. The van der Waals surface area contributed by atoms with Crippen molar-refractivity contribution in [2.45, 2.75) is 38.8 Å². The molecule has 18 heavy (non-hydrogen) atoms. The molecule has 3 rings (SSSR count). The fourth-order valence-electron chi connectivity index (χ4n) is 2.76. The van der Waals surface area contributed by atoms with Crippen molar-refractivity contribution in [3.63, 3.8) is 0 Å². The first-order chi connectivity index (χ1) is 8.83. The Morgan fingerprint density at radius 1 is 1.39 bits per heavy atom. The number of aromatic nitrogens is 2. The van der Waals surface area contributed by atoms with Crippen molar-refractivity contribution in [2.75, 3.05) is 0 Å². The predicted molar refractivity (Wildman–Crippen MR) is 72.3 cm³/mol. The van der Waals surface area contributed by atoms with Crippen molar-refractivity contribution in [2.24, 2.45) is 0 Å². The van der Waals surface area contributed by atoms with Crippen molar-refractivity contribution in [3.05, 3.63) is 53.1 Å². The van der Waals surface area contributed by atoms with Crippen LogP contribution in [0.2, 0.25) is 0 Å². The van der Waals surface area contributed by atoms with E-state index in [9.17, 15) is 0 Å². The molecule has 0 saturated carbocycles. The molecule has 1 aromatic heterocycles. The van der Waals surface area contributed by atoms with E-state index in [4.69, 9.17) is 0 Å². The number of fused-ring (bicyclic) bond motifs is 1. The maximum atomic E-state index is 4.23. The van der Waals surface area contributed by atoms with E-state index in [1.54, 1.807) is 0 Å². The van der Waals surface area contributed by atoms with Gasteiger partial charge < -0.3 is 10.3 Å². The largest absolute Gasteiger partial charge is 0.345 e. The normalized spacial score (nSPS) is 18.6. The first-order valence-electron chi connectivity index (χ1n) is 6.64. The van der Waals surface area contributed by atoms with Gasteiger partial charge in [0.25, 0.3) is 0 Å². The SMILES string of the molecule is Cc1ncc(CNC2CCCc3ccccc32)[nH]1. The molecule has 0 amide bonds. The topological polar surface area (TPSA) is 40.7 Å². The molecule has 2 aromatic rings. The smallest absolute Gasteiger partial charge is 0.103 e. The Bertz CT molecular complexity index is 530. The van der Waals surface area contributed by atoms with Crippen LogP contribution in [0.1, 0.15) is 41.5 Å². The van der Waals surface area contributed by atoms with Gasteiger partial charge in [0, 0.05) is 24.5 Å². The summed E-state index contributed by atoms with van der Waals surface area (Å²) in [6.07, 6.45) is 5.63. The molecule has 0 bridgehead atoms. The average Bonchev–Trinajstić information content (AvgIpc) is 2.82. The molecule has 1 aliphatic rings. The van der Waals surface area contributed by atoms with Crippen LogP contribution in [0.15, 0.2) is 30.5 Å². The third-order valence-electron chi connectivity index (χ3n) is 3.66. The minimum atomic E-state index is 0.485. The van der Waals surface area contributed by atoms with Gasteiger partial charge in [-0.2, -0.15) is 0 Å². The van der Waals surface area contributed by atoms with Crippen LogP contribution in [0.25, 0.3) is 0 Å². The molecule has 3 nitrogen and oxygen atoms in total. The molecule has 1 aromatic carbocycles. The maximum absolute atomic E-state index is 4.23. The average molecular weight is 241 g/mol. The molecule has 0 spiro atoms. The summed E-state index contributed by atoms with van der Waals surface area (Å²) in [5.74, 6) is 0.982. The maximum Gasteiger partial charge on any atom is 0.103 e. The number of nitrogens with zero attached hydrogens (tertiary/aromatic N) is 1. The lowest BCUT2D eigenvalue weighted by atomic mass is 9.88. The second kappa shape index (κ2) is 4.94. The summed E-state index contributed by atoms with van der Waals surface area (Å²) >= 11 is 0. The Labute approximate surface area is 108 Å². The molecule has 1 atom stereocenters. The van der Waals surface area contributed by atoms with E-state index in [0.717, 1.165) is 18.1 Å². The molecule has 0 aliphatic heterocycles. The Morgan fingerprint density at radius 2 is 2.28 bits per heavy atom. The van der Waals surface area contributed by atoms with Gasteiger partial charge in [0.05, 0.1) is 0 Å². The van der Waals surface area contributed by atoms with Gasteiger partial charge in [0.15, 0.2) is 0 Å². The van der Waals surface area contributed by atoms with E-state index in [1.165, 1.54) is 30.4 Å². The van der Waals surface area contributed by atoms with E-state index in [2.05, 4.69) is 39.6 Å². The highest BCUT2D eigenvalue weighted by molar-refractivity contribution is 5.32. The fraction of sp³-hybridized carbons (Fsp3) is 0.400. The number of rotatable bonds is 3. The van der Waals surface area contributed by atoms with Crippen molar-refractivity contribution in [1.29, 1.82) is 0 Å². The zero-order chi connectivity index (χ0) is 12.4. The fourth-order valence-corrected chi connectivity index (χ4v) is 2.76. The summed E-state index contributed by atoms with van der Waals surface area (Å²) in [6.45, 7) is 2.85. The number of hydrogen-bond donors (Lipinski definition) is 2. The van der Waals surface area contributed by atoms with E-state index in [1.807, 2.05) is 13.1 Å². The number of imidazole rings is 1. The highest BCUT2D eigenvalue weighted by atomic mass is 15.0. The van der Waals surface area contributed by atoms with Crippen molar-refractivity contribution in [3.8, 4) is 0 Å². The van der Waals surface area contributed by atoms with Crippen LogP contribution in [-0.2, 0) is 13.0 Å².